The molecule has 135 valence electrons. The molecule has 8 heteroatoms. The molecule has 1 saturated carbocycles. The topological polar surface area (TPSA) is 99.5 Å². The molecule has 3 aliphatic rings. The van der Waals surface area contributed by atoms with Crippen LogP contribution < -0.4 is 15.1 Å². The summed E-state index contributed by atoms with van der Waals surface area (Å²) < 4.78 is 0. The highest BCUT2D eigenvalue weighted by atomic mass is 16.4. The molecule has 1 aromatic heterocycles. The van der Waals surface area contributed by atoms with E-state index in [0.717, 1.165) is 28.9 Å². The van der Waals surface area contributed by atoms with Crippen molar-refractivity contribution in [3.05, 3.63) is 66.0 Å². The van der Waals surface area contributed by atoms with E-state index >= 15 is 0 Å². The van der Waals surface area contributed by atoms with Gasteiger partial charge < -0.3 is 10.0 Å². The number of hydrogen-bond acceptors (Lipinski definition) is 6. The molecular weight excluding hydrogens is 344 g/mol. The normalized spacial score (nSPS) is 18.9. The number of anilines is 2. The van der Waals surface area contributed by atoms with Crippen molar-refractivity contribution in [2.75, 3.05) is 16.8 Å². The van der Waals surface area contributed by atoms with Gasteiger partial charge in [0.25, 0.3) is 11.7 Å². The fourth-order valence-corrected chi connectivity index (χ4v) is 3.29. The number of carboxylic acid groups (broad SMARTS) is 1. The van der Waals surface area contributed by atoms with Crippen LogP contribution in [-0.2, 0) is 0 Å². The number of aromatic carboxylic acids is 1. The fraction of sp³-hybridized carbons (Fsp3) is 0.211. The molecule has 1 fully saturated rings. The van der Waals surface area contributed by atoms with Gasteiger partial charge in [0, 0.05) is 23.4 Å². The molecule has 0 bridgehead atoms. The van der Waals surface area contributed by atoms with Crippen molar-refractivity contribution in [1.82, 2.24) is 15.1 Å². The van der Waals surface area contributed by atoms with Gasteiger partial charge in [0.2, 0.25) is 0 Å². The lowest BCUT2D eigenvalue weighted by molar-refractivity contribution is 0.0697. The van der Waals surface area contributed by atoms with Crippen LogP contribution in [0.2, 0.25) is 0 Å². The van der Waals surface area contributed by atoms with Gasteiger partial charge in [0.1, 0.15) is 6.54 Å². The molecule has 1 aromatic carbocycles. The number of hydrogen-bond donors (Lipinski definition) is 3. The Morgan fingerprint density at radius 1 is 1.33 bits per heavy atom. The number of carbonyl (C=O) groups is 1. The van der Waals surface area contributed by atoms with Crippen LogP contribution in [0.4, 0.5) is 11.5 Å². The molecular formula is C19H18N6O2+. The van der Waals surface area contributed by atoms with E-state index in [2.05, 4.69) is 20.5 Å². The molecule has 5 rings (SSSR count). The van der Waals surface area contributed by atoms with Gasteiger partial charge in [-0.2, -0.15) is 10.1 Å². The maximum Gasteiger partial charge on any atom is 0.335 e. The Morgan fingerprint density at radius 3 is 3.04 bits per heavy atom. The van der Waals surface area contributed by atoms with Gasteiger partial charge in [0.15, 0.2) is 12.0 Å². The Labute approximate surface area is 155 Å². The summed E-state index contributed by atoms with van der Waals surface area (Å²) >= 11 is 0. The molecule has 0 amide bonds. The number of nitrogens with zero attached hydrogens (tertiary/aromatic N) is 4. The summed E-state index contributed by atoms with van der Waals surface area (Å²) in [5, 5.41) is 20.1. The third kappa shape index (κ3) is 3.00. The summed E-state index contributed by atoms with van der Waals surface area (Å²) in [6, 6.07) is 8.92. The minimum atomic E-state index is -0.943. The summed E-state index contributed by atoms with van der Waals surface area (Å²) in [4.78, 5) is 19.7. The number of fused-ring (bicyclic) bond motifs is 1. The second-order valence-electron chi connectivity index (χ2n) is 6.82. The number of aromatic nitrogens is 2. The maximum absolute atomic E-state index is 11.3. The molecule has 0 spiro atoms. The third-order valence-corrected chi connectivity index (χ3v) is 4.86. The molecule has 0 saturated heterocycles. The SMILES string of the molecule is O=C(O)c1cccc(N2C=C(Nc3cc(C4CC4)[nH]n3)[N+]3C=CN=C3C2)c1. The van der Waals surface area contributed by atoms with E-state index in [9.17, 15) is 9.90 Å². The Balaban J connectivity index is 1.45. The molecule has 0 unspecified atom stereocenters. The molecule has 2 aliphatic heterocycles. The molecule has 1 radical (unpaired) electrons. The van der Waals surface area contributed by atoms with Gasteiger partial charge in [0.05, 0.1) is 18.0 Å². The Hall–Kier alpha value is -3.39. The van der Waals surface area contributed by atoms with Crippen molar-refractivity contribution >= 4 is 23.3 Å². The van der Waals surface area contributed by atoms with Crippen LogP contribution in [0.1, 0.15) is 34.8 Å². The highest BCUT2D eigenvalue weighted by Crippen LogP contribution is 2.39. The lowest BCUT2D eigenvalue weighted by Crippen LogP contribution is -2.45. The number of carboxylic acids is 1. The average Bonchev–Trinajstić information content (AvgIpc) is 3.23. The maximum atomic E-state index is 11.3. The Kier molecular flexibility index (Phi) is 3.58. The molecule has 2 aromatic rings. The van der Waals surface area contributed by atoms with Crippen LogP contribution in [0.5, 0.6) is 0 Å². The Morgan fingerprint density at radius 2 is 2.22 bits per heavy atom. The molecule has 0 atom stereocenters. The first-order valence-electron chi connectivity index (χ1n) is 8.84. The molecule has 1 aliphatic carbocycles. The van der Waals surface area contributed by atoms with Crippen molar-refractivity contribution in [2.45, 2.75) is 18.8 Å². The predicted octanol–water partition coefficient (Wildman–Crippen LogP) is 2.74. The van der Waals surface area contributed by atoms with Crippen molar-refractivity contribution in [3.63, 3.8) is 0 Å². The highest BCUT2D eigenvalue weighted by molar-refractivity contribution is 5.96. The van der Waals surface area contributed by atoms with Crippen molar-refractivity contribution in [2.24, 2.45) is 4.99 Å². The van der Waals surface area contributed by atoms with Crippen molar-refractivity contribution in [3.8, 4) is 0 Å². The van der Waals surface area contributed by atoms with Crippen molar-refractivity contribution in [1.29, 1.82) is 0 Å². The second kappa shape index (κ2) is 6.10. The smallest absolute Gasteiger partial charge is 0.335 e. The highest BCUT2D eigenvalue weighted by Gasteiger charge is 2.38. The van der Waals surface area contributed by atoms with Gasteiger partial charge in [-0.25, -0.2) is 4.79 Å². The second-order valence-corrected chi connectivity index (χ2v) is 6.82. The lowest BCUT2D eigenvalue weighted by Gasteiger charge is -2.25. The van der Waals surface area contributed by atoms with Gasteiger partial charge in [-0.3, -0.25) is 10.4 Å². The predicted molar refractivity (Wildman–Crippen MR) is 102 cm³/mol. The van der Waals surface area contributed by atoms with Gasteiger partial charge in [-0.15, -0.1) is 0 Å². The van der Waals surface area contributed by atoms with Crippen LogP contribution in [-0.4, -0.2) is 33.7 Å². The summed E-state index contributed by atoms with van der Waals surface area (Å²) in [7, 11) is 0. The molecule has 3 heterocycles. The van der Waals surface area contributed by atoms with Crippen LogP contribution in [0, 0.1) is 0 Å². The summed E-state index contributed by atoms with van der Waals surface area (Å²) in [6.45, 7) is 0.551. The summed E-state index contributed by atoms with van der Waals surface area (Å²) in [5.74, 6) is 2.08. The number of benzene rings is 1. The largest absolute Gasteiger partial charge is 0.478 e. The third-order valence-electron chi connectivity index (χ3n) is 4.86. The monoisotopic (exact) mass is 362 g/mol. The standard InChI is InChI=1S/C19H18N6O2/c26-19(27)13-2-1-3-14(8-13)24-10-17-20-6-7-25(17)18(11-24)21-16-9-15(22-23-16)12-4-5-12/h1-3,6-9,11-12H,4-5,10H2,(H,26,27)(H2,21,22,23)/q+1. The number of nitrogens with one attached hydrogen (secondary N) is 2. The number of H-pyrrole nitrogens is 1. The number of rotatable bonds is 5. The molecule has 3 N–H and O–H groups in total. The zero-order chi connectivity index (χ0) is 18.4. The van der Waals surface area contributed by atoms with E-state index in [1.165, 1.54) is 12.8 Å². The fourth-order valence-electron chi connectivity index (χ4n) is 3.29. The van der Waals surface area contributed by atoms with Crippen molar-refractivity contribution < 1.29 is 9.90 Å². The lowest BCUT2D eigenvalue weighted by atomic mass is 10.2. The minimum Gasteiger partial charge on any atom is -0.478 e. The zero-order valence-corrected chi connectivity index (χ0v) is 14.5. The zero-order valence-electron chi connectivity index (χ0n) is 14.5. The van der Waals surface area contributed by atoms with E-state index in [0.29, 0.717) is 12.5 Å². The summed E-state index contributed by atoms with van der Waals surface area (Å²) in [6.07, 6.45) is 8.02. The first-order valence-corrected chi connectivity index (χ1v) is 8.84. The Bertz CT molecular complexity index is 1000. The van der Waals surface area contributed by atoms with E-state index in [1.54, 1.807) is 24.4 Å². The number of aliphatic imine (C=N–C) groups is 1. The number of aromatic amines is 1. The van der Waals surface area contributed by atoms with Gasteiger partial charge >= 0.3 is 5.97 Å². The van der Waals surface area contributed by atoms with Gasteiger partial charge in [-0.05, 0) is 35.9 Å². The molecule has 27 heavy (non-hydrogen) atoms. The average molecular weight is 362 g/mol. The van der Waals surface area contributed by atoms with Crippen LogP contribution >= 0.6 is 0 Å². The molecule has 8 nitrogen and oxygen atoms in total. The first kappa shape index (κ1) is 15.8. The van der Waals surface area contributed by atoms with E-state index in [4.69, 9.17) is 0 Å². The van der Waals surface area contributed by atoms with Gasteiger partial charge in [-0.1, -0.05) is 6.07 Å². The van der Waals surface area contributed by atoms with Crippen LogP contribution in [0.15, 0.2) is 59.7 Å². The number of amidine groups is 1. The quantitative estimate of drug-likeness (QED) is 0.710. The van der Waals surface area contributed by atoms with E-state index < -0.39 is 5.97 Å². The van der Waals surface area contributed by atoms with E-state index in [1.807, 2.05) is 34.3 Å². The van der Waals surface area contributed by atoms with Crippen LogP contribution in [0.3, 0.4) is 0 Å². The van der Waals surface area contributed by atoms with E-state index in [-0.39, 0.29) is 5.56 Å². The first-order chi connectivity index (χ1) is 13.2. The van der Waals surface area contributed by atoms with Crippen LogP contribution in [0.25, 0.3) is 0 Å². The minimum absolute atomic E-state index is 0.255. The summed E-state index contributed by atoms with van der Waals surface area (Å²) in [5.41, 5.74) is 2.21.